The molecule has 6 heterocycles. The van der Waals surface area contributed by atoms with Gasteiger partial charge < -0.3 is 20.3 Å². The van der Waals surface area contributed by atoms with E-state index in [1.165, 1.54) is 17.0 Å². The molecule has 4 aromatic rings. The van der Waals surface area contributed by atoms with Gasteiger partial charge in [0.25, 0.3) is 5.91 Å². The van der Waals surface area contributed by atoms with E-state index < -0.39 is 29.4 Å². The standard InChI is InChI=1S/C34H32ClF4N7O2S/c35-21-12-19-26(25(37)24(21)18-4-5-22(36)27-23(18)20(13-40)29(41)49-27)42-32(48-17-34-7-2-10-46(34)11-3-8-34)43-30(19)44-9-1-6-33(14-44)15-45(16-33)31(47)28(38)39/h4-5,12,28H,1-3,6-11,14-17,41H2. The number of ether oxygens (including phenoxy) is 1. The minimum absolute atomic E-state index is 0.000557. The fraction of sp³-hybridized carbons (Fsp3) is 0.471. The third kappa shape index (κ3) is 5.15. The first-order valence-electron chi connectivity index (χ1n) is 16.3. The normalized spacial score (nSPS) is 19.9. The Morgan fingerprint density at radius 2 is 1.84 bits per heavy atom. The van der Waals surface area contributed by atoms with Crippen LogP contribution < -0.4 is 15.4 Å². The number of likely N-dealkylation sites (tertiary alicyclic amines) is 1. The predicted molar refractivity (Wildman–Crippen MR) is 179 cm³/mol. The van der Waals surface area contributed by atoms with Crippen LogP contribution in [0.25, 0.3) is 32.1 Å². The second-order valence-corrected chi connectivity index (χ2v) is 15.2. The highest BCUT2D eigenvalue weighted by atomic mass is 35.5. The lowest BCUT2D eigenvalue weighted by atomic mass is 9.73. The number of thiophene rings is 1. The Morgan fingerprint density at radius 3 is 2.55 bits per heavy atom. The second-order valence-electron chi connectivity index (χ2n) is 13.8. The van der Waals surface area contributed by atoms with Crippen LogP contribution in [-0.2, 0) is 4.79 Å². The van der Waals surface area contributed by atoms with Crippen LogP contribution in [0.1, 0.15) is 44.1 Å². The van der Waals surface area contributed by atoms with Gasteiger partial charge in [-0.2, -0.15) is 24.0 Å². The van der Waals surface area contributed by atoms with E-state index in [1.54, 1.807) is 6.07 Å². The summed E-state index contributed by atoms with van der Waals surface area (Å²) in [5.74, 6) is -2.17. The van der Waals surface area contributed by atoms with Crippen molar-refractivity contribution in [3.05, 3.63) is 40.4 Å². The molecule has 0 atom stereocenters. The van der Waals surface area contributed by atoms with E-state index in [2.05, 4.69) is 9.88 Å². The van der Waals surface area contributed by atoms with Crippen LogP contribution in [0.2, 0.25) is 5.02 Å². The molecular weight excluding hydrogens is 682 g/mol. The number of nitrogen functional groups attached to an aromatic ring is 1. The Kier molecular flexibility index (Phi) is 7.81. The molecule has 4 saturated heterocycles. The van der Waals surface area contributed by atoms with Gasteiger partial charge in [0.1, 0.15) is 34.8 Å². The molecular formula is C34H32ClF4N7O2S. The molecule has 0 aliphatic carbocycles. The molecule has 0 saturated carbocycles. The minimum atomic E-state index is -3.06. The minimum Gasteiger partial charge on any atom is -0.461 e. The Bertz CT molecular complexity index is 2050. The number of aromatic nitrogens is 2. The molecule has 256 valence electrons. The molecule has 2 aromatic heterocycles. The van der Waals surface area contributed by atoms with Gasteiger partial charge in [-0.3, -0.25) is 9.69 Å². The maximum Gasteiger partial charge on any atom is 0.319 e. The number of nitriles is 1. The fourth-order valence-corrected chi connectivity index (χ4v) is 9.83. The molecule has 9 nitrogen and oxygen atoms in total. The van der Waals surface area contributed by atoms with Crippen molar-refractivity contribution in [2.75, 3.05) is 56.5 Å². The van der Waals surface area contributed by atoms with E-state index in [1.807, 2.05) is 11.0 Å². The molecule has 4 aliphatic heterocycles. The number of alkyl halides is 2. The molecule has 4 aliphatic rings. The van der Waals surface area contributed by atoms with Gasteiger partial charge in [-0.15, -0.1) is 11.3 Å². The summed E-state index contributed by atoms with van der Waals surface area (Å²) < 4.78 is 64.7. The summed E-state index contributed by atoms with van der Waals surface area (Å²) in [7, 11) is 0. The van der Waals surface area contributed by atoms with E-state index >= 15 is 4.39 Å². The number of nitrogens with two attached hydrogens (primary N) is 1. The quantitative estimate of drug-likeness (QED) is 0.223. The Labute approximate surface area is 288 Å². The average molecular weight is 714 g/mol. The summed E-state index contributed by atoms with van der Waals surface area (Å²) in [6.45, 7) is 3.68. The third-order valence-electron chi connectivity index (χ3n) is 10.8. The van der Waals surface area contributed by atoms with Gasteiger partial charge in [0.05, 0.1) is 20.8 Å². The molecule has 0 unspecified atom stereocenters. The van der Waals surface area contributed by atoms with Crippen LogP contribution in [0, 0.1) is 28.4 Å². The summed E-state index contributed by atoms with van der Waals surface area (Å²) in [5, 5.41) is 10.5. The van der Waals surface area contributed by atoms with E-state index in [9.17, 15) is 23.2 Å². The van der Waals surface area contributed by atoms with Crippen LogP contribution in [0.5, 0.6) is 6.01 Å². The van der Waals surface area contributed by atoms with Gasteiger partial charge in [0.2, 0.25) is 0 Å². The van der Waals surface area contributed by atoms with Crippen LogP contribution in [-0.4, -0.2) is 83.5 Å². The molecule has 2 aromatic carbocycles. The van der Waals surface area contributed by atoms with Crippen LogP contribution in [0.3, 0.4) is 0 Å². The first-order valence-corrected chi connectivity index (χ1v) is 17.5. The number of hydrogen-bond donors (Lipinski definition) is 1. The predicted octanol–water partition coefficient (Wildman–Crippen LogP) is 6.60. The highest BCUT2D eigenvalue weighted by Gasteiger charge is 2.49. The van der Waals surface area contributed by atoms with E-state index in [0.717, 1.165) is 56.5 Å². The smallest absolute Gasteiger partial charge is 0.319 e. The Balaban J connectivity index is 1.24. The number of amides is 1. The zero-order valence-electron chi connectivity index (χ0n) is 26.4. The number of fused-ring (bicyclic) bond motifs is 3. The average Bonchev–Trinajstić information content (AvgIpc) is 3.75. The van der Waals surface area contributed by atoms with Crippen molar-refractivity contribution in [1.82, 2.24) is 19.8 Å². The number of hydrogen-bond acceptors (Lipinski definition) is 9. The van der Waals surface area contributed by atoms with E-state index in [-0.39, 0.29) is 67.0 Å². The summed E-state index contributed by atoms with van der Waals surface area (Å²) in [6.07, 6.45) is 2.48. The van der Waals surface area contributed by atoms with E-state index in [0.29, 0.717) is 37.3 Å². The van der Waals surface area contributed by atoms with Crippen molar-refractivity contribution in [2.24, 2.45) is 5.41 Å². The SMILES string of the molecule is N#Cc1c(N)sc2c(F)ccc(-c3c(Cl)cc4c(N5CCCC6(CN(C(=O)C(F)F)C6)C5)nc(OCC56CCCN5CCC6)nc4c3F)c12. The highest BCUT2D eigenvalue weighted by molar-refractivity contribution is 7.23. The number of nitrogens with zero attached hydrogens (tertiary/aromatic N) is 6. The zero-order valence-corrected chi connectivity index (χ0v) is 27.9. The highest BCUT2D eigenvalue weighted by Crippen LogP contribution is 2.47. The number of carbonyl (C=O) groups is 1. The van der Waals surface area contributed by atoms with Gasteiger partial charge in [0, 0.05) is 47.9 Å². The number of piperidine rings is 1. The van der Waals surface area contributed by atoms with Crippen molar-refractivity contribution in [2.45, 2.75) is 50.5 Å². The second kappa shape index (κ2) is 11.8. The summed E-state index contributed by atoms with van der Waals surface area (Å²) in [4.78, 5) is 27.0. The number of carbonyl (C=O) groups excluding carboxylic acids is 1. The monoisotopic (exact) mass is 713 g/mol. The van der Waals surface area contributed by atoms with Gasteiger partial charge in [-0.1, -0.05) is 17.7 Å². The molecule has 8 rings (SSSR count). The molecule has 0 bridgehead atoms. The van der Waals surface area contributed by atoms with Gasteiger partial charge >= 0.3 is 12.4 Å². The first kappa shape index (κ1) is 32.3. The van der Waals surface area contributed by atoms with Crippen molar-refractivity contribution in [3.8, 4) is 23.2 Å². The van der Waals surface area contributed by atoms with Crippen molar-refractivity contribution in [1.29, 1.82) is 5.26 Å². The lowest BCUT2D eigenvalue weighted by Crippen LogP contribution is -2.65. The largest absolute Gasteiger partial charge is 0.461 e. The number of halogens is 5. The molecule has 1 amide bonds. The summed E-state index contributed by atoms with van der Waals surface area (Å²) in [6, 6.07) is 6.15. The topological polar surface area (TPSA) is 112 Å². The third-order valence-corrected chi connectivity index (χ3v) is 12.2. The lowest BCUT2D eigenvalue weighted by molar-refractivity contribution is -0.155. The molecule has 2 N–H and O–H groups in total. The molecule has 15 heteroatoms. The summed E-state index contributed by atoms with van der Waals surface area (Å²) >= 11 is 7.76. The molecule has 1 spiro atoms. The molecule has 0 radical (unpaired) electrons. The Hall–Kier alpha value is -3.93. The number of benzene rings is 2. The zero-order chi connectivity index (χ0) is 34.2. The van der Waals surface area contributed by atoms with Crippen molar-refractivity contribution >= 4 is 60.7 Å². The van der Waals surface area contributed by atoms with Crippen LogP contribution in [0.15, 0.2) is 18.2 Å². The first-order chi connectivity index (χ1) is 23.5. The summed E-state index contributed by atoms with van der Waals surface area (Å²) in [5.41, 5.74) is 5.64. The van der Waals surface area contributed by atoms with Crippen molar-refractivity contribution in [3.63, 3.8) is 0 Å². The Morgan fingerprint density at radius 1 is 1.10 bits per heavy atom. The van der Waals surface area contributed by atoms with Gasteiger partial charge in [-0.25, -0.2) is 8.78 Å². The van der Waals surface area contributed by atoms with E-state index in [4.69, 9.17) is 27.1 Å². The van der Waals surface area contributed by atoms with Gasteiger partial charge in [0.15, 0.2) is 5.82 Å². The molecule has 4 fully saturated rings. The number of rotatable bonds is 6. The maximum atomic E-state index is 17.0. The van der Waals surface area contributed by atoms with Gasteiger partial charge in [-0.05, 0) is 69.3 Å². The van der Waals surface area contributed by atoms with Crippen molar-refractivity contribution < 1.29 is 27.1 Å². The van der Waals surface area contributed by atoms with Crippen LogP contribution in [0.4, 0.5) is 28.4 Å². The van der Waals surface area contributed by atoms with Crippen LogP contribution >= 0.6 is 22.9 Å². The lowest BCUT2D eigenvalue weighted by Gasteiger charge is -2.54. The maximum absolute atomic E-state index is 17.0. The molecule has 49 heavy (non-hydrogen) atoms. The fourth-order valence-electron chi connectivity index (χ4n) is 8.59. The number of anilines is 2.